The summed E-state index contributed by atoms with van der Waals surface area (Å²) < 4.78 is 30.3. The van der Waals surface area contributed by atoms with Crippen molar-refractivity contribution in [3.8, 4) is 0 Å². The maximum Gasteiger partial charge on any atom is 0.225 e. The van der Waals surface area contributed by atoms with Crippen LogP contribution in [0.2, 0.25) is 5.28 Å². The van der Waals surface area contributed by atoms with Crippen LogP contribution in [-0.4, -0.2) is 86.3 Å². The first-order valence-corrected chi connectivity index (χ1v) is 11.9. The molecule has 0 saturated carbocycles. The molecular formula is C16H22ClN5O3S2. The Kier molecular flexibility index (Phi) is 5.55. The summed E-state index contributed by atoms with van der Waals surface area (Å²) in [6, 6.07) is 2.14. The summed E-state index contributed by atoms with van der Waals surface area (Å²) in [4.78, 5) is 15.4. The summed E-state index contributed by atoms with van der Waals surface area (Å²) in [6.45, 7) is 6.26. The van der Waals surface area contributed by atoms with E-state index in [1.54, 1.807) is 11.3 Å². The van der Waals surface area contributed by atoms with E-state index in [1.165, 1.54) is 15.4 Å². The van der Waals surface area contributed by atoms with E-state index in [-0.39, 0.29) is 5.28 Å². The maximum atomic E-state index is 11.7. The molecule has 2 aromatic heterocycles. The molecule has 2 aliphatic rings. The van der Waals surface area contributed by atoms with Crippen molar-refractivity contribution in [1.29, 1.82) is 0 Å². The van der Waals surface area contributed by atoms with Gasteiger partial charge in [0.15, 0.2) is 0 Å². The van der Waals surface area contributed by atoms with Crippen LogP contribution in [0.25, 0.3) is 10.2 Å². The zero-order valence-electron chi connectivity index (χ0n) is 15.1. The van der Waals surface area contributed by atoms with Crippen molar-refractivity contribution in [3.63, 3.8) is 0 Å². The zero-order valence-corrected chi connectivity index (χ0v) is 17.5. The molecule has 2 aliphatic heterocycles. The molecule has 0 amide bonds. The van der Waals surface area contributed by atoms with E-state index in [0.29, 0.717) is 26.3 Å². The first-order valence-electron chi connectivity index (χ1n) is 8.86. The van der Waals surface area contributed by atoms with Gasteiger partial charge in [-0.3, -0.25) is 4.90 Å². The number of piperazine rings is 1. The lowest BCUT2D eigenvalue weighted by Crippen LogP contribution is -2.47. The van der Waals surface area contributed by atoms with Crippen molar-refractivity contribution >= 4 is 49.0 Å². The topological polar surface area (TPSA) is 78.9 Å². The number of fused-ring (bicyclic) bond motifs is 1. The molecular weight excluding hydrogens is 410 g/mol. The molecule has 8 nitrogen and oxygen atoms in total. The van der Waals surface area contributed by atoms with Gasteiger partial charge in [0.1, 0.15) is 10.6 Å². The summed E-state index contributed by atoms with van der Waals surface area (Å²) in [6.07, 6.45) is 1.27. The highest BCUT2D eigenvalue weighted by atomic mass is 35.5. The minimum atomic E-state index is -3.10. The van der Waals surface area contributed by atoms with Crippen molar-refractivity contribution in [2.24, 2.45) is 0 Å². The van der Waals surface area contributed by atoms with E-state index in [9.17, 15) is 8.42 Å². The van der Waals surface area contributed by atoms with Crippen LogP contribution in [0.1, 0.15) is 4.88 Å². The Morgan fingerprint density at radius 1 is 1.15 bits per heavy atom. The zero-order chi connectivity index (χ0) is 19.0. The van der Waals surface area contributed by atoms with Gasteiger partial charge >= 0.3 is 0 Å². The Labute approximate surface area is 167 Å². The third-order valence-corrected chi connectivity index (χ3v) is 7.37. The van der Waals surface area contributed by atoms with Crippen LogP contribution in [-0.2, 0) is 21.3 Å². The van der Waals surface area contributed by atoms with Gasteiger partial charge in [-0.1, -0.05) is 0 Å². The first kappa shape index (κ1) is 19.3. The third kappa shape index (κ3) is 4.36. The van der Waals surface area contributed by atoms with Crippen molar-refractivity contribution in [1.82, 2.24) is 19.2 Å². The molecule has 0 radical (unpaired) electrons. The largest absolute Gasteiger partial charge is 0.378 e. The summed E-state index contributed by atoms with van der Waals surface area (Å²) in [5, 5.41) is 1.29. The lowest BCUT2D eigenvalue weighted by atomic mass is 10.3. The molecule has 4 rings (SSSR count). The number of hydrogen-bond donors (Lipinski definition) is 0. The highest BCUT2D eigenvalue weighted by molar-refractivity contribution is 7.88. The van der Waals surface area contributed by atoms with Gasteiger partial charge < -0.3 is 9.64 Å². The first-order chi connectivity index (χ1) is 12.9. The maximum absolute atomic E-state index is 11.7. The van der Waals surface area contributed by atoms with Crippen LogP contribution in [0.5, 0.6) is 0 Å². The van der Waals surface area contributed by atoms with Crippen LogP contribution in [0.15, 0.2) is 6.07 Å². The normalized spacial score (nSPS) is 20.4. The standard InChI is InChI=1S/C16H22ClN5O3S2/c1-27(23,24)22-4-2-20(3-5-22)11-12-10-13-14(21-6-8-25-9-7-21)18-16(17)19-15(13)26-12/h10H,2-9,11H2,1H3. The van der Waals surface area contributed by atoms with E-state index in [1.807, 2.05) is 0 Å². The molecule has 2 aromatic rings. The Balaban J connectivity index is 1.52. The van der Waals surface area contributed by atoms with Gasteiger partial charge in [0.25, 0.3) is 0 Å². The number of anilines is 1. The van der Waals surface area contributed by atoms with E-state index < -0.39 is 10.0 Å². The highest BCUT2D eigenvalue weighted by Crippen LogP contribution is 2.33. The smallest absolute Gasteiger partial charge is 0.225 e. The molecule has 0 N–H and O–H groups in total. The molecule has 0 aliphatic carbocycles. The van der Waals surface area contributed by atoms with Crippen LogP contribution in [0.4, 0.5) is 5.82 Å². The Bertz CT molecular complexity index is 922. The Morgan fingerprint density at radius 3 is 2.52 bits per heavy atom. The van der Waals surface area contributed by atoms with Crippen molar-refractivity contribution in [3.05, 3.63) is 16.2 Å². The molecule has 11 heteroatoms. The summed E-state index contributed by atoms with van der Waals surface area (Å²) in [7, 11) is -3.10. The molecule has 2 saturated heterocycles. The SMILES string of the molecule is CS(=O)(=O)N1CCN(Cc2cc3c(N4CCOCC4)nc(Cl)nc3s2)CC1. The molecule has 0 unspecified atom stereocenters. The molecule has 27 heavy (non-hydrogen) atoms. The summed E-state index contributed by atoms with van der Waals surface area (Å²) in [5.41, 5.74) is 0. The molecule has 148 valence electrons. The number of thiophene rings is 1. The quantitative estimate of drug-likeness (QED) is 0.674. The van der Waals surface area contributed by atoms with Crippen LogP contribution in [0.3, 0.4) is 0 Å². The third-order valence-electron chi connectivity index (χ3n) is 4.89. The molecule has 0 spiro atoms. The van der Waals surface area contributed by atoms with E-state index in [2.05, 4.69) is 25.8 Å². The van der Waals surface area contributed by atoms with E-state index >= 15 is 0 Å². The molecule has 0 bridgehead atoms. The predicted octanol–water partition coefficient (Wildman–Crippen LogP) is 1.26. The van der Waals surface area contributed by atoms with Crippen LogP contribution < -0.4 is 4.90 Å². The fraction of sp³-hybridized carbons (Fsp3) is 0.625. The lowest BCUT2D eigenvalue weighted by molar-refractivity contribution is 0.122. The summed E-state index contributed by atoms with van der Waals surface area (Å²) >= 11 is 7.78. The van der Waals surface area contributed by atoms with Crippen LogP contribution in [0, 0.1) is 0 Å². The number of rotatable bonds is 4. The second-order valence-electron chi connectivity index (χ2n) is 6.79. The van der Waals surface area contributed by atoms with Crippen molar-refractivity contribution in [2.45, 2.75) is 6.54 Å². The second kappa shape index (κ2) is 7.76. The average Bonchev–Trinajstić information content (AvgIpc) is 3.03. The highest BCUT2D eigenvalue weighted by Gasteiger charge is 2.24. The predicted molar refractivity (Wildman–Crippen MR) is 107 cm³/mol. The fourth-order valence-electron chi connectivity index (χ4n) is 3.46. The number of hydrogen-bond acceptors (Lipinski definition) is 8. The number of nitrogens with zero attached hydrogens (tertiary/aromatic N) is 5. The minimum absolute atomic E-state index is 0.263. The molecule has 2 fully saturated rings. The number of sulfonamides is 1. The summed E-state index contributed by atoms with van der Waals surface area (Å²) in [5.74, 6) is 0.873. The average molecular weight is 432 g/mol. The van der Waals surface area contributed by atoms with Gasteiger partial charge in [-0.2, -0.15) is 9.29 Å². The van der Waals surface area contributed by atoms with E-state index in [0.717, 1.165) is 48.8 Å². The Morgan fingerprint density at radius 2 is 1.85 bits per heavy atom. The van der Waals surface area contributed by atoms with E-state index in [4.69, 9.17) is 16.3 Å². The fourth-order valence-corrected chi connectivity index (χ4v) is 5.57. The van der Waals surface area contributed by atoms with Gasteiger partial charge in [0, 0.05) is 50.7 Å². The Hall–Kier alpha value is -1.04. The van der Waals surface area contributed by atoms with Crippen LogP contribution >= 0.6 is 22.9 Å². The molecule has 4 heterocycles. The number of aromatic nitrogens is 2. The lowest BCUT2D eigenvalue weighted by Gasteiger charge is -2.32. The monoisotopic (exact) mass is 431 g/mol. The molecule has 0 atom stereocenters. The van der Waals surface area contributed by atoms with Gasteiger partial charge in [-0.15, -0.1) is 11.3 Å². The van der Waals surface area contributed by atoms with Gasteiger partial charge in [0.05, 0.1) is 24.9 Å². The number of morpholine rings is 1. The number of halogens is 1. The van der Waals surface area contributed by atoms with Crippen molar-refractivity contribution < 1.29 is 13.2 Å². The second-order valence-corrected chi connectivity index (χ2v) is 10.2. The van der Waals surface area contributed by atoms with Gasteiger partial charge in [-0.25, -0.2) is 13.4 Å². The minimum Gasteiger partial charge on any atom is -0.378 e. The van der Waals surface area contributed by atoms with Gasteiger partial charge in [0.2, 0.25) is 15.3 Å². The van der Waals surface area contributed by atoms with Gasteiger partial charge in [-0.05, 0) is 17.7 Å². The molecule has 0 aromatic carbocycles. The van der Waals surface area contributed by atoms with Crippen molar-refractivity contribution in [2.75, 3.05) is 63.6 Å². The number of ether oxygens (including phenoxy) is 1.